The monoisotopic (exact) mass is 316 g/mol. The lowest BCUT2D eigenvalue weighted by Crippen LogP contribution is -2.50. The fourth-order valence-corrected chi connectivity index (χ4v) is 7.24. The fraction of sp³-hybridized carbons (Fsp3) is 0.278. The summed E-state index contributed by atoms with van der Waals surface area (Å²) in [6.07, 6.45) is 0. The van der Waals surface area contributed by atoms with Crippen LogP contribution in [0.3, 0.4) is 0 Å². The van der Waals surface area contributed by atoms with Crippen molar-refractivity contribution in [2.75, 3.05) is 0 Å². The van der Waals surface area contributed by atoms with Crippen molar-refractivity contribution in [1.29, 1.82) is 0 Å². The molecule has 1 nitrogen and oxygen atoms in total. The number of carbonyl (C=O) groups excluding carboxylic acids is 1. The molecule has 0 aliphatic heterocycles. The Morgan fingerprint density at radius 3 is 1.90 bits per heavy atom. The van der Waals surface area contributed by atoms with E-state index in [9.17, 15) is 4.79 Å². The summed E-state index contributed by atoms with van der Waals surface area (Å²) >= 11 is 5.85. The van der Waals surface area contributed by atoms with Crippen LogP contribution < -0.4 is 5.19 Å². The van der Waals surface area contributed by atoms with E-state index in [2.05, 4.69) is 49.5 Å². The Bertz CT molecular complexity index is 595. The lowest BCUT2D eigenvalue weighted by molar-refractivity contribution is -0.114. The van der Waals surface area contributed by atoms with Crippen molar-refractivity contribution in [2.24, 2.45) is 5.92 Å². The average molecular weight is 317 g/mol. The summed E-state index contributed by atoms with van der Waals surface area (Å²) in [5.74, 6) is -0.184. The van der Waals surface area contributed by atoms with Crippen molar-refractivity contribution in [2.45, 2.75) is 25.6 Å². The molecule has 0 bridgehead atoms. The van der Waals surface area contributed by atoms with Crippen molar-refractivity contribution in [1.82, 2.24) is 0 Å². The van der Waals surface area contributed by atoms with Gasteiger partial charge < -0.3 is 0 Å². The van der Waals surface area contributed by atoms with Crippen LogP contribution in [0.1, 0.15) is 18.0 Å². The molecule has 2 atom stereocenters. The van der Waals surface area contributed by atoms with Gasteiger partial charge in [0.25, 0.3) is 0 Å². The molecule has 0 fully saturated rings. The van der Waals surface area contributed by atoms with E-state index in [0.717, 1.165) is 0 Å². The van der Waals surface area contributed by atoms with Gasteiger partial charge in [-0.3, -0.25) is 4.79 Å². The highest BCUT2D eigenvalue weighted by Crippen LogP contribution is 2.35. The zero-order chi connectivity index (χ0) is 15.5. The summed E-state index contributed by atoms with van der Waals surface area (Å²) in [5, 5.41) is 1.10. The molecule has 0 radical (unpaired) electrons. The molecule has 0 amide bonds. The number of benzene rings is 2. The largest absolute Gasteiger partial charge is 0.281 e. The molecule has 0 unspecified atom stereocenters. The Hall–Kier alpha value is -1.38. The van der Waals surface area contributed by atoms with Crippen molar-refractivity contribution < 1.29 is 4.79 Å². The molecule has 3 heteroatoms. The van der Waals surface area contributed by atoms with E-state index in [4.69, 9.17) is 11.6 Å². The number of rotatable bonds is 5. The van der Waals surface area contributed by atoms with Gasteiger partial charge in [-0.15, -0.1) is 0 Å². The quantitative estimate of drug-likeness (QED) is 0.593. The average Bonchev–Trinajstić information content (AvgIpc) is 2.49. The summed E-state index contributed by atoms with van der Waals surface area (Å²) in [4.78, 5) is 11.8. The molecular weight excluding hydrogens is 296 g/mol. The Morgan fingerprint density at radius 1 is 0.952 bits per heavy atom. The minimum atomic E-state index is -1.88. The van der Waals surface area contributed by atoms with E-state index < -0.39 is 8.07 Å². The van der Waals surface area contributed by atoms with Crippen LogP contribution in [0.4, 0.5) is 0 Å². The second-order valence-electron chi connectivity index (χ2n) is 6.07. The van der Waals surface area contributed by atoms with E-state index in [1.807, 2.05) is 31.2 Å². The number of halogens is 1. The third-order valence-corrected chi connectivity index (χ3v) is 8.87. The molecule has 110 valence electrons. The Morgan fingerprint density at radius 2 is 1.43 bits per heavy atom. The lowest BCUT2D eigenvalue weighted by Gasteiger charge is -2.36. The van der Waals surface area contributed by atoms with Gasteiger partial charge in [-0.2, -0.15) is 0 Å². The van der Waals surface area contributed by atoms with Crippen LogP contribution in [0.5, 0.6) is 0 Å². The zero-order valence-electron chi connectivity index (χ0n) is 12.7. The lowest BCUT2D eigenvalue weighted by atomic mass is 10.0. The first kappa shape index (κ1) is 16.0. The molecule has 0 aliphatic carbocycles. The Kier molecular flexibility index (Phi) is 5.02. The Labute approximate surface area is 133 Å². The van der Waals surface area contributed by atoms with E-state index in [-0.39, 0.29) is 16.7 Å². The van der Waals surface area contributed by atoms with Gasteiger partial charge >= 0.3 is 0 Å². The summed E-state index contributed by atoms with van der Waals surface area (Å²) in [5.41, 5.74) is 1.38. The number of hydrogen-bond acceptors (Lipinski definition) is 1. The second kappa shape index (κ2) is 6.59. The smallest absolute Gasteiger partial charge is 0.224 e. The van der Waals surface area contributed by atoms with Gasteiger partial charge in [0.15, 0.2) is 0 Å². The van der Waals surface area contributed by atoms with Crippen LogP contribution in [0.15, 0.2) is 60.7 Å². The highest BCUT2D eigenvalue weighted by atomic mass is 35.5. The Balaban J connectivity index is 2.52. The summed E-state index contributed by atoms with van der Waals surface area (Å²) in [7, 11) is -1.88. The van der Waals surface area contributed by atoms with Crippen molar-refractivity contribution >= 4 is 30.1 Å². The summed E-state index contributed by atoms with van der Waals surface area (Å²) in [6.45, 7) is 6.58. The van der Waals surface area contributed by atoms with Crippen LogP contribution in [0, 0.1) is 5.92 Å². The fourth-order valence-electron chi connectivity index (χ4n) is 3.17. The number of carbonyl (C=O) groups is 1. The highest BCUT2D eigenvalue weighted by Gasteiger charge is 2.40. The number of hydrogen-bond donors (Lipinski definition) is 0. The third-order valence-electron chi connectivity index (χ3n) is 4.31. The molecule has 0 aromatic heterocycles. The highest BCUT2D eigenvalue weighted by molar-refractivity contribution is 6.91. The zero-order valence-corrected chi connectivity index (χ0v) is 14.5. The van der Waals surface area contributed by atoms with Crippen molar-refractivity contribution in [3.63, 3.8) is 0 Å². The van der Waals surface area contributed by atoms with Crippen molar-refractivity contribution in [3.05, 3.63) is 66.2 Å². The SMILES string of the molecule is C[C@H](C(=O)Cl)[C@@H](c1ccccc1)[Si](C)(C)c1ccccc1. The summed E-state index contributed by atoms with van der Waals surface area (Å²) < 4.78 is 0. The third kappa shape index (κ3) is 3.45. The predicted molar refractivity (Wildman–Crippen MR) is 92.8 cm³/mol. The molecule has 2 aromatic carbocycles. The van der Waals surface area contributed by atoms with E-state index in [1.54, 1.807) is 0 Å². The first-order valence-corrected chi connectivity index (χ1v) is 10.7. The minimum absolute atomic E-state index is 0.172. The first-order valence-electron chi connectivity index (χ1n) is 7.24. The first-order chi connectivity index (χ1) is 9.94. The van der Waals surface area contributed by atoms with Gasteiger partial charge in [0.2, 0.25) is 5.24 Å². The standard InChI is InChI=1S/C18H21ClOSi/c1-14(18(19)20)17(15-10-6-4-7-11-15)21(2,3)16-12-8-5-9-13-16/h4-14,17H,1-3H3/t14-,17-/m0/s1. The maximum absolute atomic E-state index is 11.8. The molecule has 0 aliphatic rings. The second-order valence-corrected chi connectivity index (χ2v) is 11.1. The predicted octanol–water partition coefficient (Wildman–Crippen LogP) is 4.33. The van der Waals surface area contributed by atoms with E-state index in [0.29, 0.717) is 0 Å². The van der Waals surface area contributed by atoms with Crippen LogP contribution in [-0.2, 0) is 4.79 Å². The van der Waals surface area contributed by atoms with Gasteiger partial charge in [0.1, 0.15) is 0 Å². The molecule has 0 heterocycles. The van der Waals surface area contributed by atoms with E-state index in [1.165, 1.54) is 10.8 Å². The maximum Gasteiger partial charge on any atom is 0.224 e. The van der Waals surface area contributed by atoms with Gasteiger partial charge in [-0.05, 0) is 22.7 Å². The molecular formula is C18H21ClOSi. The van der Waals surface area contributed by atoms with Gasteiger partial charge in [0.05, 0.1) is 8.07 Å². The molecule has 2 aromatic rings. The van der Waals surface area contributed by atoms with Gasteiger partial charge in [-0.1, -0.05) is 85.9 Å². The van der Waals surface area contributed by atoms with Gasteiger partial charge in [-0.25, -0.2) is 0 Å². The van der Waals surface area contributed by atoms with Gasteiger partial charge in [0, 0.05) is 5.92 Å². The molecule has 0 saturated heterocycles. The normalized spacial score (nSPS) is 14.5. The molecule has 0 saturated carbocycles. The topological polar surface area (TPSA) is 17.1 Å². The van der Waals surface area contributed by atoms with Crippen LogP contribution in [0.2, 0.25) is 13.1 Å². The van der Waals surface area contributed by atoms with Crippen LogP contribution in [-0.4, -0.2) is 13.3 Å². The van der Waals surface area contributed by atoms with Crippen LogP contribution in [0.25, 0.3) is 0 Å². The molecule has 0 spiro atoms. The minimum Gasteiger partial charge on any atom is -0.281 e. The van der Waals surface area contributed by atoms with Crippen molar-refractivity contribution in [3.8, 4) is 0 Å². The molecule has 2 rings (SSSR count). The van der Waals surface area contributed by atoms with Crippen LogP contribution >= 0.6 is 11.6 Å². The van der Waals surface area contributed by atoms with E-state index >= 15 is 0 Å². The molecule has 0 N–H and O–H groups in total. The molecule has 21 heavy (non-hydrogen) atoms. The summed E-state index contributed by atoms with van der Waals surface area (Å²) in [6, 6.07) is 20.8. The maximum atomic E-state index is 11.8.